The van der Waals surface area contributed by atoms with Crippen molar-refractivity contribution in [2.24, 2.45) is 5.92 Å². The van der Waals surface area contributed by atoms with Crippen LogP contribution in [0.15, 0.2) is 59.5 Å². The summed E-state index contributed by atoms with van der Waals surface area (Å²) >= 11 is 0. The molecule has 2 atom stereocenters. The summed E-state index contributed by atoms with van der Waals surface area (Å²) in [7, 11) is -3.60. The Hall–Kier alpha value is -1.89. The van der Waals surface area contributed by atoms with E-state index in [0.717, 1.165) is 25.1 Å². The number of carbonyl (C=O) groups excluding carboxylic acids is 1. The van der Waals surface area contributed by atoms with Gasteiger partial charge in [-0.1, -0.05) is 42.5 Å². The van der Waals surface area contributed by atoms with Crippen LogP contribution in [0.5, 0.6) is 0 Å². The molecule has 0 bridgehead atoms. The van der Waals surface area contributed by atoms with E-state index in [0.29, 0.717) is 12.5 Å². The average molecular weight is 407 g/mol. The fourth-order valence-corrected chi connectivity index (χ4v) is 5.61. The molecule has 0 aliphatic carbocycles. The highest BCUT2D eigenvalue weighted by atomic mass is 35.5. The van der Waals surface area contributed by atoms with Gasteiger partial charge in [0, 0.05) is 25.7 Å². The van der Waals surface area contributed by atoms with E-state index in [1.54, 1.807) is 36.4 Å². The first kappa shape index (κ1) is 19.9. The van der Waals surface area contributed by atoms with Crippen molar-refractivity contribution in [3.8, 4) is 0 Å². The molecule has 1 amide bonds. The van der Waals surface area contributed by atoms with E-state index in [2.05, 4.69) is 5.32 Å². The number of fused-ring (bicyclic) bond motifs is 1. The highest BCUT2D eigenvalue weighted by Gasteiger charge is 2.41. The van der Waals surface area contributed by atoms with Crippen LogP contribution in [0, 0.1) is 5.92 Å². The highest BCUT2D eigenvalue weighted by Crippen LogP contribution is 2.30. The summed E-state index contributed by atoms with van der Waals surface area (Å²) in [6.45, 7) is 2.42. The minimum atomic E-state index is -3.60. The zero-order valence-electron chi connectivity index (χ0n) is 14.9. The van der Waals surface area contributed by atoms with E-state index >= 15 is 0 Å². The fraction of sp³-hybridized carbons (Fsp3) is 0.350. The largest absolute Gasteiger partial charge is 0.334 e. The Morgan fingerprint density at radius 2 is 1.74 bits per heavy atom. The third-order valence-corrected chi connectivity index (χ3v) is 7.10. The first-order valence-corrected chi connectivity index (χ1v) is 10.6. The molecule has 0 unspecified atom stereocenters. The van der Waals surface area contributed by atoms with Crippen LogP contribution in [-0.2, 0) is 15.6 Å². The zero-order chi connectivity index (χ0) is 18.1. The highest BCUT2D eigenvalue weighted by molar-refractivity contribution is 7.90. The normalized spacial score (nSPS) is 21.6. The molecular formula is C20H23ClN2O3S. The molecule has 2 aromatic rings. The number of amides is 1. The van der Waals surface area contributed by atoms with E-state index in [1.807, 2.05) is 23.1 Å². The second-order valence-electron chi connectivity index (χ2n) is 7.01. The molecule has 2 fully saturated rings. The van der Waals surface area contributed by atoms with Crippen LogP contribution in [-0.4, -0.2) is 44.9 Å². The topological polar surface area (TPSA) is 66.5 Å². The van der Waals surface area contributed by atoms with Gasteiger partial charge < -0.3 is 10.2 Å². The van der Waals surface area contributed by atoms with Crippen LogP contribution < -0.4 is 5.32 Å². The number of sulfone groups is 1. The predicted octanol–water partition coefficient (Wildman–Crippen LogP) is 2.52. The predicted molar refractivity (Wildman–Crippen MR) is 107 cm³/mol. The van der Waals surface area contributed by atoms with Gasteiger partial charge in [-0.05, 0) is 30.0 Å². The lowest BCUT2D eigenvalue weighted by molar-refractivity contribution is 0.0733. The van der Waals surface area contributed by atoms with Crippen LogP contribution in [0.25, 0.3) is 0 Å². The number of likely N-dealkylation sites (tertiary alicyclic amines) is 1. The summed E-state index contributed by atoms with van der Waals surface area (Å²) < 4.78 is 26.0. The Kier molecular flexibility index (Phi) is 5.89. The standard InChI is InChI=1S/C20H22N2O3S.ClH/c23-20(22-11-10-16-12-21-13-18(16)22)17-8-4-5-9-19(17)26(24,25)14-15-6-2-1-3-7-15;/h1-9,16,18,21H,10-14H2;1H/t16-,18+;/m0./s1. The molecule has 0 spiro atoms. The van der Waals surface area contributed by atoms with Gasteiger partial charge in [-0.25, -0.2) is 8.42 Å². The minimum Gasteiger partial charge on any atom is -0.334 e. The lowest BCUT2D eigenvalue weighted by atomic mass is 10.0. The average Bonchev–Trinajstić information content (AvgIpc) is 3.25. The molecule has 2 aliphatic rings. The third kappa shape index (κ3) is 3.88. The van der Waals surface area contributed by atoms with E-state index in [1.165, 1.54) is 0 Å². The molecule has 2 aliphatic heterocycles. The second kappa shape index (κ2) is 8.00. The maximum absolute atomic E-state index is 13.1. The first-order chi connectivity index (χ1) is 12.6. The van der Waals surface area contributed by atoms with Crippen LogP contribution >= 0.6 is 12.4 Å². The molecule has 1 N–H and O–H groups in total. The fourth-order valence-electron chi connectivity index (χ4n) is 4.04. The van der Waals surface area contributed by atoms with Gasteiger partial charge in [0.25, 0.3) is 5.91 Å². The van der Waals surface area contributed by atoms with E-state index in [9.17, 15) is 13.2 Å². The van der Waals surface area contributed by atoms with Crippen molar-refractivity contribution >= 4 is 28.2 Å². The lowest BCUT2D eigenvalue weighted by Gasteiger charge is -2.24. The Labute approximate surface area is 166 Å². The molecule has 144 valence electrons. The maximum Gasteiger partial charge on any atom is 0.255 e. The summed E-state index contributed by atoms with van der Waals surface area (Å²) in [5.41, 5.74) is 1.01. The first-order valence-electron chi connectivity index (χ1n) is 8.94. The number of rotatable bonds is 4. The smallest absolute Gasteiger partial charge is 0.255 e. The molecule has 2 aromatic carbocycles. The number of carbonyl (C=O) groups is 1. The van der Waals surface area contributed by atoms with Crippen molar-refractivity contribution in [2.75, 3.05) is 19.6 Å². The summed E-state index contributed by atoms with van der Waals surface area (Å²) in [4.78, 5) is 15.1. The molecule has 0 aromatic heterocycles. The summed E-state index contributed by atoms with van der Waals surface area (Å²) in [6, 6.07) is 15.8. The second-order valence-corrected chi connectivity index (χ2v) is 8.97. The zero-order valence-corrected chi connectivity index (χ0v) is 16.5. The number of halogens is 1. The van der Waals surface area contributed by atoms with Gasteiger partial charge in [-0.3, -0.25) is 4.79 Å². The van der Waals surface area contributed by atoms with Gasteiger partial charge in [-0.2, -0.15) is 0 Å². The molecular weight excluding hydrogens is 384 g/mol. The molecule has 27 heavy (non-hydrogen) atoms. The van der Waals surface area contributed by atoms with Gasteiger partial charge in [0.05, 0.1) is 16.2 Å². The van der Waals surface area contributed by atoms with E-state index in [-0.39, 0.29) is 40.6 Å². The number of nitrogens with zero attached hydrogens (tertiary/aromatic N) is 1. The quantitative estimate of drug-likeness (QED) is 0.847. The van der Waals surface area contributed by atoms with Crippen LogP contribution in [0.3, 0.4) is 0 Å². The Bertz CT molecular complexity index is 918. The summed E-state index contributed by atoms with van der Waals surface area (Å²) in [5.74, 6) is 0.201. The molecule has 2 saturated heterocycles. The van der Waals surface area contributed by atoms with Crippen LogP contribution in [0.4, 0.5) is 0 Å². The molecule has 4 rings (SSSR count). The van der Waals surface area contributed by atoms with Gasteiger partial charge in [0.2, 0.25) is 0 Å². The molecule has 5 nitrogen and oxygen atoms in total. The van der Waals surface area contributed by atoms with Crippen LogP contribution in [0.1, 0.15) is 22.3 Å². The van der Waals surface area contributed by atoms with Gasteiger partial charge in [-0.15, -0.1) is 12.4 Å². The Balaban J connectivity index is 0.00000210. The van der Waals surface area contributed by atoms with Crippen molar-refractivity contribution in [3.63, 3.8) is 0 Å². The molecule has 0 radical (unpaired) electrons. The van der Waals surface area contributed by atoms with E-state index < -0.39 is 9.84 Å². The molecule has 7 heteroatoms. The molecule has 0 saturated carbocycles. The van der Waals surface area contributed by atoms with Crippen LogP contribution in [0.2, 0.25) is 0 Å². The SMILES string of the molecule is Cl.O=C(c1ccccc1S(=O)(=O)Cc1ccccc1)N1CC[C@H]2CNC[C@H]21. The summed E-state index contributed by atoms with van der Waals surface area (Å²) in [5, 5.41) is 3.33. The monoisotopic (exact) mass is 406 g/mol. The van der Waals surface area contributed by atoms with Gasteiger partial charge >= 0.3 is 0 Å². The van der Waals surface area contributed by atoms with Crippen molar-refractivity contribution < 1.29 is 13.2 Å². The number of hydrogen-bond acceptors (Lipinski definition) is 4. The number of benzene rings is 2. The van der Waals surface area contributed by atoms with Crippen molar-refractivity contribution in [1.82, 2.24) is 10.2 Å². The third-order valence-electron chi connectivity index (χ3n) is 5.36. The van der Waals surface area contributed by atoms with Crippen molar-refractivity contribution in [2.45, 2.75) is 23.1 Å². The summed E-state index contributed by atoms with van der Waals surface area (Å²) in [6.07, 6.45) is 0.975. The minimum absolute atomic E-state index is 0. The Morgan fingerprint density at radius 3 is 2.52 bits per heavy atom. The maximum atomic E-state index is 13.1. The number of hydrogen-bond donors (Lipinski definition) is 1. The lowest BCUT2D eigenvalue weighted by Crippen LogP contribution is -2.39. The molecule has 2 heterocycles. The van der Waals surface area contributed by atoms with E-state index in [4.69, 9.17) is 0 Å². The number of nitrogens with one attached hydrogen (secondary N) is 1. The van der Waals surface area contributed by atoms with Crippen molar-refractivity contribution in [1.29, 1.82) is 0 Å². The van der Waals surface area contributed by atoms with Gasteiger partial charge in [0.15, 0.2) is 9.84 Å². The van der Waals surface area contributed by atoms with Gasteiger partial charge in [0.1, 0.15) is 0 Å². The Morgan fingerprint density at radius 1 is 1.04 bits per heavy atom. The van der Waals surface area contributed by atoms with Crippen molar-refractivity contribution in [3.05, 3.63) is 65.7 Å².